The van der Waals surface area contributed by atoms with Gasteiger partial charge in [0.05, 0.1) is 11.1 Å². The molecule has 0 radical (unpaired) electrons. The fourth-order valence-electron chi connectivity index (χ4n) is 1.39. The molecule has 0 saturated heterocycles. The number of rotatable bonds is 3. The Kier molecular flexibility index (Phi) is 2.97. The highest BCUT2D eigenvalue weighted by Gasteiger charge is 2.23. The zero-order valence-electron chi connectivity index (χ0n) is 9.05. The molecule has 1 aliphatic heterocycles. The third kappa shape index (κ3) is 2.52. The van der Waals surface area contributed by atoms with E-state index in [4.69, 9.17) is 4.74 Å². The summed E-state index contributed by atoms with van der Waals surface area (Å²) in [4.78, 5) is 3.83. The number of allylic oxidation sites excluding steroid dienone is 1. The predicted molar refractivity (Wildman–Crippen MR) is 62.0 cm³/mol. The van der Waals surface area contributed by atoms with Crippen molar-refractivity contribution in [2.45, 2.75) is 6.92 Å². The van der Waals surface area contributed by atoms with Crippen LogP contribution in [-0.4, -0.2) is 20.1 Å². The molecule has 1 aromatic carbocycles. The van der Waals surface area contributed by atoms with Crippen LogP contribution >= 0.6 is 0 Å². The third-order valence-corrected chi connectivity index (χ3v) is 3.66. The van der Waals surface area contributed by atoms with Gasteiger partial charge in [-0.2, -0.15) is 0 Å². The van der Waals surface area contributed by atoms with Gasteiger partial charge in [0.1, 0.15) is 6.61 Å². The van der Waals surface area contributed by atoms with E-state index >= 15 is 0 Å². The second-order valence-electron chi connectivity index (χ2n) is 3.53. The van der Waals surface area contributed by atoms with Gasteiger partial charge in [0.2, 0.25) is 9.84 Å². The van der Waals surface area contributed by atoms with E-state index in [9.17, 15) is 12.8 Å². The second-order valence-corrected chi connectivity index (χ2v) is 5.33. The van der Waals surface area contributed by atoms with Crippen LogP contribution in [0.4, 0.5) is 4.39 Å². The molecule has 1 aliphatic rings. The van der Waals surface area contributed by atoms with Gasteiger partial charge in [0.15, 0.2) is 16.6 Å². The quantitative estimate of drug-likeness (QED) is 0.828. The van der Waals surface area contributed by atoms with Crippen LogP contribution in [0.15, 0.2) is 40.4 Å². The Morgan fingerprint density at radius 1 is 1.35 bits per heavy atom. The van der Waals surface area contributed by atoms with Crippen LogP contribution in [0, 0.1) is 5.82 Å². The number of halogens is 1. The van der Waals surface area contributed by atoms with Crippen molar-refractivity contribution in [3.8, 4) is 5.75 Å². The molecule has 17 heavy (non-hydrogen) atoms. The molecule has 90 valence electrons. The number of nitrogens with zero attached hydrogens (tertiary/aromatic N) is 1. The van der Waals surface area contributed by atoms with Crippen LogP contribution in [0.25, 0.3) is 0 Å². The molecule has 0 bridgehead atoms. The van der Waals surface area contributed by atoms with Gasteiger partial charge in [-0.25, -0.2) is 17.8 Å². The molecule has 0 saturated carbocycles. The molecular weight excluding hydrogens is 245 g/mol. The molecule has 0 N–H and O–H groups in total. The lowest BCUT2D eigenvalue weighted by Gasteiger charge is -2.06. The first-order chi connectivity index (χ1) is 7.99. The zero-order chi connectivity index (χ0) is 12.5. The molecule has 2 rings (SSSR count). The van der Waals surface area contributed by atoms with Crippen molar-refractivity contribution in [3.05, 3.63) is 41.2 Å². The molecule has 1 aromatic rings. The molecule has 0 spiro atoms. The summed E-state index contributed by atoms with van der Waals surface area (Å²) in [5.74, 6) is -0.525. The largest absolute Gasteiger partial charge is 0.483 e. The standard InChI is InChI=1S/C11H10FNO3S/c1-8-7-17(14,15)11(13-8)6-16-10-5-3-2-4-9(10)12/h2-5,7H,6H2,1H3. The van der Waals surface area contributed by atoms with Crippen LogP contribution in [-0.2, 0) is 9.84 Å². The van der Waals surface area contributed by atoms with Crippen LogP contribution < -0.4 is 4.74 Å². The van der Waals surface area contributed by atoms with Crippen LogP contribution in [0.2, 0.25) is 0 Å². The van der Waals surface area contributed by atoms with Crippen molar-refractivity contribution in [3.63, 3.8) is 0 Å². The van der Waals surface area contributed by atoms with E-state index < -0.39 is 15.7 Å². The normalized spacial score (nSPS) is 17.5. The Balaban J connectivity index is 2.11. The van der Waals surface area contributed by atoms with Crippen LogP contribution in [0.3, 0.4) is 0 Å². The third-order valence-electron chi connectivity index (χ3n) is 2.14. The van der Waals surface area contributed by atoms with E-state index in [-0.39, 0.29) is 17.4 Å². The second kappa shape index (κ2) is 4.29. The first kappa shape index (κ1) is 11.8. The maximum Gasteiger partial charge on any atom is 0.218 e. The SMILES string of the molecule is CC1=CS(=O)(=O)C(COc2ccccc2F)=N1. The van der Waals surface area contributed by atoms with Gasteiger partial charge in [-0.3, -0.25) is 0 Å². The minimum Gasteiger partial charge on any atom is -0.483 e. The summed E-state index contributed by atoms with van der Waals surface area (Å²) in [6.07, 6.45) is 0. The van der Waals surface area contributed by atoms with Gasteiger partial charge >= 0.3 is 0 Å². The topological polar surface area (TPSA) is 55.7 Å². The molecule has 4 nitrogen and oxygen atoms in total. The Hall–Kier alpha value is -1.69. The van der Waals surface area contributed by atoms with Gasteiger partial charge in [-0.15, -0.1) is 0 Å². The van der Waals surface area contributed by atoms with E-state index in [0.717, 1.165) is 5.41 Å². The summed E-state index contributed by atoms with van der Waals surface area (Å²) in [5, 5.41) is 0.964. The summed E-state index contributed by atoms with van der Waals surface area (Å²) >= 11 is 0. The first-order valence-electron chi connectivity index (χ1n) is 4.87. The van der Waals surface area contributed by atoms with Crippen molar-refractivity contribution < 1.29 is 17.5 Å². The van der Waals surface area contributed by atoms with Crippen molar-refractivity contribution >= 4 is 14.9 Å². The minimum atomic E-state index is -3.48. The molecule has 0 fully saturated rings. The summed E-state index contributed by atoms with van der Waals surface area (Å²) < 4.78 is 41.3. The lowest BCUT2D eigenvalue weighted by atomic mass is 10.3. The first-order valence-corrected chi connectivity index (χ1v) is 6.42. The fraction of sp³-hybridized carbons (Fsp3) is 0.182. The highest BCUT2D eigenvalue weighted by atomic mass is 32.2. The van der Waals surface area contributed by atoms with E-state index in [1.165, 1.54) is 18.2 Å². The molecular formula is C11H10FNO3S. The van der Waals surface area contributed by atoms with Crippen LogP contribution in [0.1, 0.15) is 6.92 Å². The van der Waals surface area contributed by atoms with E-state index in [0.29, 0.717) is 5.70 Å². The molecule has 6 heteroatoms. The highest BCUT2D eigenvalue weighted by Crippen LogP contribution is 2.18. The number of benzene rings is 1. The molecule has 0 unspecified atom stereocenters. The van der Waals surface area contributed by atoms with Crippen molar-refractivity contribution in [2.75, 3.05) is 6.61 Å². The Morgan fingerprint density at radius 2 is 2.06 bits per heavy atom. The lowest BCUT2D eigenvalue weighted by Crippen LogP contribution is -2.18. The van der Waals surface area contributed by atoms with Gasteiger partial charge in [-0.1, -0.05) is 12.1 Å². The molecule has 0 aliphatic carbocycles. The zero-order valence-corrected chi connectivity index (χ0v) is 9.87. The number of para-hydroxylation sites is 1. The fourth-order valence-corrected chi connectivity index (χ4v) is 2.53. The maximum absolute atomic E-state index is 13.2. The lowest BCUT2D eigenvalue weighted by molar-refractivity contribution is 0.355. The predicted octanol–water partition coefficient (Wildman–Crippen LogP) is 1.89. The van der Waals surface area contributed by atoms with E-state index in [2.05, 4.69) is 4.99 Å². The summed E-state index contributed by atoms with van der Waals surface area (Å²) in [6, 6.07) is 5.80. The van der Waals surface area contributed by atoms with Crippen molar-refractivity contribution in [1.29, 1.82) is 0 Å². The van der Waals surface area contributed by atoms with Crippen molar-refractivity contribution in [1.82, 2.24) is 0 Å². The average Bonchev–Trinajstić information content (AvgIpc) is 2.50. The molecule has 0 amide bonds. The number of ether oxygens (including phenoxy) is 1. The smallest absolute Gasteiger partial charge is 0.218 e. The maximum atomic E-state index is 13.2. The summed E-state index contributed by atoms with van der Waals surface area (Å²) in [5.41, 5.74) is 0.400. The Labute approximate surface area is 98.4 Å². The summed E-state index contributed by atoms with van der Waals surface area (Å²) in [7, 11) is -3.48. The average molecular weight is 255 g/mol. The summed E-state index contributed by atoms with van der Waals surface area (Å²) in [6.45, 7) is 1.31. The van der Waals surface area contributed by atoms with Gasteiger partial charge in [0, 0.05) is 0 Å². The monoisotopic (exact) mass is 255 g/mol. The molecule has 0 atom stereocenters. The van der Waals surface area contributed by atoms with Gasteiger partial charge in [0.25, 0.3) is 0 Å². The molecule has 0 aromatic heterocycles. The Bertz CT molecular complexity index is 605. The number of hydrogen-bond acceptors (Lipinski definition) is 4. The molecule has 1 heterocycles. The van der Waals surface area contributed by atoms with Gasteiger partial charge in [-0.05, 0) is 19.1 Å². The van der Waals surface area contributed by atoms with E-state index in [1.807, 2.05) is 0 Å². The van der Waals surface area contributed by atoms with Crippen molar-refractivity contribution in [2.24, 2.45) is 4.99 Å². The minimum absolute atomic E-state index is 0.00922. The van der Waals surface area contributed by atoms with E-state index in [1.54, 1.807) is 13.0 Å². The van der Waals surface area contributed by atoms with Crippen LogP contribution in [0.5, 0.6) is 5.75 Å². The number of aliphatic imine (C=N–C) groups is 1. The number of sulfone groups is 1. The Morgan fingerprint density at radius 3 is 2.65 bits per heavy atom. The van der Waals surface area contributed by atoms with Gasteiger partial charge < -0.3 is 4.74 Å². The highest BCUT2D eigenvalue weighted by molar-refractivity contribution is 8.09. The number of hydrogen-bond donors (Lipinski definition) is 0.